The van der Waals surface area contributed by atoms with Crippen LogP contribution in [0.5, 0.6) is 0 Å². The van der Waals surface area contributed by atoms with Gasteiger partial charge < -0.3 is 9.87 Å². The first-order valence-corrected chi connectivity index (χ1v) is 10.9. The molecule has 0 spiro atoms. The van der Waals surface area contributed by atoms with Gasteiger partial charge in [0.05, 0.1) is 16.3 Å². The Kier molecular flexibility index (Phi) is 7.31. The normalized spacial score (nSPS) is 12.3. The van der Waals surface area contributed by atoms with Crippen molar-refractivity contribution in [1.82, 2.24) is 15.3 Å². The minimum Gasteiger partial charge on any atom is -0.588 e. The SMILES string of the molecule is CNC(=O)c1nccc(Sc2ccc(N[S+]([O-])c3ccc(Cl)c(C(F)(F)F)c3)cc2)n1. The molecule has 31 heavy (non-hydrogen) atoms. The maximum absolute atomic E-state index is 13.0. The molecule has 0 saturated carbocycles. The Bertz CT molecular complexity index is 1080. The molecule has 1 aromatic heterocycles. The van der Waals surface area contributed by atoms with Crippen LogP contribution in [0.25, 0.3) is 0 Å². The highest BCUT2D eigenvalue weighted by atomic mass is 35.5. The van der Waals surface area contributed by atoms with Gasteiger partial charge in [0.25, 0.3) is 5.91 Å². The number of halogens is 4. The molecule has 162 valence electrons. The molecule has 1 atom stereocenters. The number of anilines is 1. The zero-order valence-electron chi connectivity index (χ0n) is 15.7. The van der Waals surface area contributed by atoms with Crippen LogP contribution in [0.15, 0.2) is 69.5 Å². The van der Waals surface area contributed by atoms with Crippen molar-refractivity contribution in [3.63, 3.8) is 0 Å². The Morgan fingerprint density at radius 2 is 1.87 bits per heavy atom. The number of nitrogens with one attached hydrogen (secondary N) is 2. The van der Waals surface area contributed by atoms with E-state index >= 15 is 0 Å². The molecule has 0 aliphatic rings. The number of benzene rings is 2. The molecule has 1 amide bonds. The summed E-state index contributed by atoms with van der Waals surface area (Å²) in [6.45, 7) is 0. The summed E-state index contributed by atoms with van der Waals surface area (Å²) >= 11 is 4.96. The second kappa shape index (κ2) is 9.77. The van der Waals surface area contributed by atoms with Crippen molar-refractivity contribution in [1.29, 1.82) is 0 Å². The molecule has 0 radical (unpaired) electrons. The minimum atomic E-state index is -4.64. The van der Waals surface area contributed by atoms with E-state index in [1.165, 1.54) is 31.1 Å². The first kappa shape index (κ1) is 23.2. The largest absolute Gasteiger partial charge is 0.588 e. The van der Waals surface area contributed by atoms with Gasteiger partial charge in [0.2, 0.25) is 5.82 Å². The summed E-state index contributed by atoms with van der Waals surface area (Å²) in [5, 5.41) is 2.54. The van der Waals surface area contributed by atoms with Crippen LogP contribution < -0.4 is 10.0 Å². The van der Waals surface area contributed by atoms with Gasteiger partial charge >= 0.3 is 6.18 Å². The van der Waals surface area contributed by atoms with Gasteiger partial charge in [-0.1, -0.05) is 23.4 Å². The van der Waals surface area contributed by atoms with E-state index in [-0.39, 0.29) is 10.7 Å². The van der Waals surface area contributed by atoms with E-state index in [1.807, 2.05) is 0 Å². The third-order valence-corrected chi connectivity index (χ3v) is 6.18. The monoisotopic (exact) mass is 486 g/mol. The predicted molar refractivity (Wildman–Crippen MR) is 112 cm³/mol. The van der Waals surface area contributed by atoms with Crippen LogP contribution in [0.3, 0.4) is 0 Å². The maximum Gasteiger partial charge on any atom is 0.418 e. The molecular formula is C19H14ClF3N4O2S2. The van der Waals surface area contributed by atoms with Crippen LogP contribution in [0, 0.1) is 0 Å². The van der Waals surface area contributed by atoms with Crippen molar-refractivity contribution < 1.29 is 22.5 Å². The van der Waals surface area contributed by atoms with Crippen molar-refractivity contribution in [2.45, 2.75) is 21.0 Å². The number of rotatable bonds is 6. The summed E-state index contributed by atoms with van der Waals surface area (Å²) in [4.78, 5) is 20.4. The third kappa shape index (κ3) is 6.03. The Hall–Kier alpha value is -2.47. The van der Waals surface area contributed by atoms with Crippen molar-refractivity contribution in [3.05, 3.63) is 71.1 Å². The number of carbonyl (C=O) groups excluding carboxylic acids is 1. The van der Waals surface area contributed by atoms with Gasteiger partial charge in [-0.25, -0.2) is 14.7 Å². The molecule has 0 bridgehead atoms. The average Bonchev–Trinajstić information content (AvgIpc) is 2.74. The highest BCUT2D eigenvalue weighted by molar-refractivity contribution is 7.99. The van der Waals surface area contributed by atoms with Crippen LogP contribution in [-0.2, 0) is 17.5 Å². The molecule has 0 fully saturated rings. The zero-order valence-corrected chi connectivity index (χ0v) is 18.1. The number of carbonyl (C=O) groups is 1. The van der Waals surface area contributed by atoms with E-state index in [2.05, 4.69) is 20.0 Å². The quantitative estimate of drug-likeness (QED) is 0.384. The summed E-state index contributed by atoms with van der Waals surface area (Å²) in [7, 11) is 1.48. The van der Waals surface area contributed by atoms with Crippen LogP contribution in [0.1, 0.15) is 16.2 Å². The lowest BCUT2D eigenvalue weighted by Crippen LogP contribution is -2.20. The molecule has 1 heterocycles. The van der Waals surface area contributed by atoms with E-state index in [0.29, 0.717) is 10.7 Å². The second-order valence-electron chi connectivity index (χ2n) is 5.93. The first-order valence-electron chi connectivity index (χ1n) is 8.55. The summed E-state index contributed by atoms with van der Waals surface area (Å²) < 4.78 is 54.1. The Balaban J connectivity index is 1.69. The molecule has 0 aliphatic heterocycles. The number of hydrogen-bond donors (Lipinski definition) is 2. The summed E-state index contributed by atoms with van der Waals surface area (Å²) in [5.74, 6) is -0.359. The van der Waals surface area contributed by atoms with Crippen LogP contribution in [0.4, 0.5) is 18.9 Å². The number of nitrogens with zero attached hydrogens (tertiary/aromatic N) is 2. The van der Waals surface area contributed by atoms with Gasteiger partial charge in [0.1, 0.15) is 16.4 Å². The molecule has 6 nitrogen and oxygen atoms in total. The molecule has 3 aromatic rings. The number of hydrogen-bond acceptors (Lipinski definition) is 6. The maximum atomic E-state index is 13.0. The molecule has 3 rings (SSSR count). The summed E-state index contributed by atoms with van der Waals surface area (Å²) in [5.41, 5.74) is -0.602. The molecule has 0 saturated heterocycles. The van der Waals surface area contributed by atoms with E-state index in [9.17, 15) is 22.5 Å². The van der Waals surface area contributed by atoms with Crippen LogP contribution in [-0.4, -0.2) is 27.5 Å². The fourth-order valence-corrected chi connectivity index (χ4v) is 4.22. The standard InChI is InChI=1S/C19H14ClF3N4O2S2/c1-24-18(28)17-25-9-8-16(26-17)30-12-4-2-11(3-5-12)27-31(29)13-6-7-15(20)14(10-13)19(21,22)23/h2-10,27H,1H3,(H,24,28). The molecule has 1 unspecified atom stereocenters. The fourth-order valence-electron chi connectivity index (χ4n) is 2.33. The third-order valence-electron chi connectivity index (χ3n) is 3.80. The van der Waals surface area contributed by atoms with Gasteiger partial charge in [-0.2, -0.15) is 13.2 Å². The van der Waals surface area contributed by atoms with Gasteiger partial charge in [0, 0.05) is 24.2 Å². The van der Waals surface area contributed by atoms with Crippen LogP contribution in [0.2, 0.25) is 5.02 Å². The Morgan fingerprint density at radius 3 is 2.52 bits per heavy atom. The molecule has 2 aromatic carbocycles. The molecule has 0 aliphatic carbocycles. The smallest absolute Gasteiger partial charge is 0.418 e. The lowest BCUT2D eigenvalue weighted by atomic mass is 10.2. The van der Waals surface area contributed by atoms with Gasteiger partial charge in [-0.15, -0.1) is 0 Å². The molecule has 2 N–H and O–H groups in total. The van der Waals surface area contributed by atoms with Crippen molar-refractivity contribution >= 4 is 46.3 Å². The predicted octanol–water partition coefficient (Wildman–Crippen LogP) is 4.79. The second-order valence-corrected chi connectivity index (χ2v) is 8.65. The molecular weight excluding hydrogens is 473 g/mol. The van der Waals surface area contributed by atoms with E-state index in [4.69, 9.17) is 11.6 Å². The highest BCUT2D eigenvalue weighted by Crippen LogP contribution is 2.36. The number of alkyl halides is 3. The highest BCUT2D eigenvalue weighted by Gasteiger charge is 2.34. The lowest BCUT2D eigenvalue weighted by Gasteiger charge is -2.14. The first-order chi connectivity index (χ1) is 14.7. The number of aromatic nitrogens is 2. The van der Waals surface area contributed by atoms with Crippen molar-refractivity contribution in [3.8, 4) is 0 Å². The average molecular weight is 487 g/mol. The van der Waals surface area contributed by atoms with Gasteiger partial charge in [-0.3, -0.25) is 4.79 Å². The van der Waals surface area contributed by atoms with Gasteiger partial charge in [-0.05, 0) is 42.5 Å². The molecule has 12 heteroatoms. The van der Waals surface area contributed by atoms with E-state index < -0.39 is 34.0 Å². The zero-order chi connectivity index (χ0) is 22.6. The Morgan fingerprint density at radius 1 is 1.16 bits per heavy atom. The Labute approximate surface area is 187 Å². The summed E-state index contributed by atoms with van der Waals surface area (Å²) in [6, 6.07) is 11.4. The number of amides is 1. The van der Waals surface area contributed by atoms with Gasteiger partial charge in [0.15, 0.2) is 4.90 Å². The minimum absolute atomic E-state index is 0.0439. The lowest BCUT2D eigenvalue weighted by molar-refractivity contribution is -0.137. The topological polar surface area (TPSA) is 90.0 Å². The van der Waals surface area contributed by atoms with Crippen molar-refractivity contribution in [2.75, 3.05) is 11.8 Å². The van der Waals surface area contributed by atoms with E-state index in [1.54, 1.807) is 30.3 Å². The van der Waals surface area contributed by atoms with Crippen LogP contribution >= 0.6 is 23.4 Å². The van der Waals surface area contributed by atoms with E-state index in [0.717, 1.165) is 17.0 Å². The summed E-state index contributed by atoms with van der Waals surface area (Å²) in [6.07, 6.45) is -3.17. The van der Waals surface area contributed by atoms with Crippen molar-refractivity contribution in [2.24, 2.45) is 0 Å². The fraction of sp³-hybridized carbons (Fsp3) is 0.105.